The van der Waals surface area contributed by atoms with Crippen molar-refractivity contribution in [3.8, 4) is 0 Å². The van der Waals surface area contributed by atoms with E-state index in [2.05, 4.69) is 47.3 Å². The molecule has 8 heavy (non-hydrogen) atoms. The van der Waals surface area contributed by atoms with Crippen LogP contribution in [0.4, 0.5) is 0 Å². The first kappa shape index (κ1) is 30.7. The molecule has 0 atom stereocenters. The Kier molecular flexibility index (Phi) is 86.4. The van der Waals surface area contributed by atoms with Gasteiger partial charge in [0.2, 0.25) is 0 Å². The van der Waals surface area contributed by atoms with Gasteiger partial charge in [-0.1, -0.05) is 0 Å². The molecule has 0 heterocycles. The van der Waals surface area contributed by atoms with Crippen LogP contribution in [0.1, 0.15) is 0 Å². The molecule has 0 radical (unpaired) electrons. The van der Waals surface area contributed by atoms with E-state index >= 15 is 0 Å². The maximum atomic E-state index is 3.10. The van der Waals surface area contributed by atoms with Crippen LogP contribution in [0.15, 0.2) is 0 Å². The predicted octanol–water partition coefficient (Wildman–Crippen LogP) is -7.21. The molecule has 8 heteroatoms. The van der Waals surface area contributed by atoms with Crippen LogP contribution in [-0.4, -0.2) is 20.5 Å². The van der Waals surface area contributed by atoms with Gasteiger partial charge in [0.15, 0.2) is 0 Å². The Morgan fingerprint density at radius 1 is 0.750 bits per heavy atom. The van der Waals surface area contributed by atoms with Gasteiger partial charge in [0.25, 0.3) is 0 Å². The zero-order valence-corrected chi connectivity index (χ0v) is 11.6. The minimum Gasteiger partial charge on any atom is -1.00 e. The third-order valence-electron chi connectivity index (χ3n) is 0. The summed E-state index contributed by atoms with van der Waals surface area (Å²) in [5, 5.41) is 0. The molecule has 0 aromatic carbocycles. The number of hydrogen-bond acceptors (Lipinski definition) is 0. The van der Waals surface area contributed by atoms with E-state index in [1.165, 1.54) is 0 Å². The van der Waals surface area contributed by atoms with Crippen molar-refractivity contribution in [1.82, 2.24) is 0 Å². The first-order valence-corrected chi connectivity index (χ1v) is 3.40. The minimum absolute atomic E-state index is 0. The molecular weight excluding hydrogens is 384 g/mol. The Morgan fingerprint density at radius 2 is 0.750 bits per heavy atom. The van der Waals surface area contributed by atoms with Gasteiger partial charge < -0.3 is 37.2 Å². The fraction of sp³-hybridized carbons (Fsp3) is 0. The van der Waals surface area contributed by atoms with E-state index in [0.717, 1.165) is 0 Å². The van der Waals surface area contributed by atoms with Crippen LogP contribution in [0.2, 0.25) is 0 Å². The molecule has 0 N–H and O–H groups in total. The topological polar surface area (TPSA) is 0 Å². The summed E-state index contributed by atoms with van der Waals surface area (Å²) in [6.45, 7) is 0. The standard InChI is InChI=1S/Al.BBr3.3ClH/c;2-1(3)4;;;/h;;3*1H/q+3;;;;/p-3. The Morgan fingerprint density at radius 3 is 0.750 bits per heavy atom. The summed E-state index contributed by atoms with van der Waals surface area (Å²) in [5.74, 6) is 0. The van der Waals surface area contributed by atoms with Crippen molar-refractivity contribution < 1.29 is 37.2 Å². The summed E-state index contributed by atoms with van der Waals surface area (Å²) in [7, 11) is 0. The van der Waals surface area contributed by atoms with Gasteiger partial charge in [-0.25, -0.2) is 0 Å². The fourth-order valence-corrected chi connectivity index (χ4v) is 0. The minimum atomic E-state index is 0. The van der Waals surface area contributed by atoms with E-state index < -0.39 is 0 Å². The van der Waals surface area contributed by atoms with E-state index in [-0.39, 0.29) is 57.8 Å². The largest absolute Gasteiger partial charge is 3.00 e. The maximum Gasteiger partial charge on any atom is 3.00 e. The molecule has 0 aliphatic heterocycles. The Hall–Kier alpha value is 2.91. The Bertz CT molecular complexity index is 19.2. The van der Waals surface area contributed by atoms with Crippen LogP contribution in [0, 0.1) is 0 Å². The molecule has 0 saturated heterocycles. The Labute approximate surface area is 104 Å². The summed E-state index contributed by atoms with van der Waals surface area (Å²) < 4.78 is 0.271. The predicted molar refractivity (Wildman–Crippen MR) is 38.3 cm³/mol. The third kappa shape index (κ3) is 65.9. The monoisotopic (exact) mass is 380 g/mol. The second-order valence-electron chi connectivity index (χ2n) is 0.247. The summed E-state index contributed by atoms with van der Waals surface area (Å²) in [5.41, 5.74) is 0. The summed E-state index contributed by atoms with van der Waals surface area (Å²) in [6.07, 6.45) is 0. The van der Waals surface area contributed by atoms with Crippen molar-refractivity contribution in [2.45, 2.75) is 0 Å². The zero-order chi connectivity index (χ0) is 3.58. The molecule has 0 spiro atoms. The second-order valence-corrected chi connectivity index (χ2v) is 6.68. The van der Waals surface area contributed by atoms with Crippen molar-refractivity contribution >= 4 is 67.8 Å². The van der Waals surface area contributed by atoms with Crippen LogP contribution in [0.25, 0.3) is 0 Å². The molecule has 0 aromatic heterocycles. The van der Waals surface area contributed by atoms with Crippen LogP contribution in [0.5, 0.6) is 0 Å². The van der Waals surface area contributed by atoms with Crippen molar-refractivity contribution in [2.24, 2.45) is 0 Å². The molecule has 0 rings (SSSR count). The molecule has 0 bridgehead atoms. The SMILES string of the molecule is BrB(Br)Br.[Al+3].[Cl-].[Cl-].[Cl-]. The van der Waals surface area contributed by atoms with Crippen LogP contribution in [0.3, 0.4) is 0 Å². The molecule has 0 aliphatic rings. The molecule has 0 nitrogen and oxygen atoms in total. The van der Waals surface area contributed by atoms with Gasteiger partial charge in [-0.3, -0.25) is 0 Å². The number of halogens is 6. The van der Waals surface area contributed by atoms with Gasteiger partial charge in [-0.2, -0.15) is 0 Å². The second kappa shape index (κ2) is 22.5. The number of rotatable bonds is 0. The van der Waals surface area contributed by atoms with Gasteiger partial charge in [0, 0.05) is 0 Å². The molecule has 0 unspecified atom stereocenters. The van der Waals surface area contributed by atoms with E-state index in [9.17, 15) is 0 Å². The van der Waals surface area contributed by atoms with Crippen molar-refractivity contribution in [3.63, 3.8) is 0 Å². The molecule has 0 aliphatic carbocycles. The van der Waals surface area contributed by atoms with Gasteiger partial charge >= 0.3 is 20.5 Å². The molecular formula is AlBBr3Cl3. The summed E-state index contributed by atoms with van der Waals surface area (Å²) in [4.78, 5) is 0. The van der Waals surface area contributed by atoms with Gasteiger partial charge in [0.05, 0.1) is 0 Å². The number of hydrogen-bond donors (Lipinski definition) is 0. The molecule has 0 saturated carbocycles. The first-order valence-electron chi connectivity index (χ1n) is 0.655. The summed E-state index contributed by atoms with van der Waals surface area (Å²) >= 11 is 9.31. The van der Waals surface area contributed by atoms with Gasteiger partial charge in [0.1, 0.15) is 0 Å². The zero-order valence-electron chi connectivity index (χ0n) is 3.42. The van der Waals surface area contributed by atoms with Crippen LogP contribution < -0.4 is 37.2 Å². The van der Waals surface area contributed by atoms with E-state index in [0.29, 0.717) is 0 Å². The van der Waals surface area contributed by atoms with Crippen LogP contribution in [-0.2, 0) is 0 Å². The average Bonchev–Trinajstić information content (AvgIpc) is 0.811. The quantitative estimate of drug-likeness (QED) is 0.365. The maximum absolute atomic E-state index is 3.10. The molecule has 0 aromatic rings. The van der Waals surface area contributed by atoms with E-state index in [4.69, 9.17) is 0 Å². The summed E-state index contributed by atoms with van der Waals surface area (Å²) in [6, 6.07) is 0. The Balaban J connectivity index is -0.00000000750. The average molecular weight is 384 g/mol. The van der Waals surface area contributed by atoms with E-state index in [1.54, 1.807) is 0 Å². The normalized spacial score (nSPS) is 3.38. The molecule has 0 fully saturated rings. The fourth-order valence-electron chi connectivity index (χ4n) is 0. The molecule has 48 valence electrons. The third-order valence-corrected chi connectivity index (χ3v) is 0. The van der Waals surface area contributed by atoms with Crippen molar-refractivity contribution in [3.05, 3.63) is 0 Å². The van der Waals surface area contributed by atoms with Crippen molar-refractivity contribution in [1.29, 1.82) is 0 Å². The van der Waals surface area contributed by atoms with Crippen molar-refractivity contribution in [2.75, 3.05) is 0 Å². The molecule has 0 amide bonds. The van der Waals surface area contributed by atoms with Crippen LogP contribution >= 0.6 is 47.3 Å². The van der Waals surface area contributed by atoms with E-state index in [1.807, 2.05) is 0 Å². The first-order chi connectivity index (χ1) is 1.73. The van der Waals surface area contributed by atoms with Gasteiger partial charge in [-0.05, 0) is 0 Å². The van der Waals surface area contributed by atoms with Gasteiger partial charge in [-0.15, -0.1) is 47.3 Å². The smallest absolute Gasteiger partial charge is 1.00 e.